The molecule has 0 radical (unpaired) electrons. The number of aromatic nitrogens is 1. The highest BCUT2D eigenvalue weighted by atomic mass is 19.3. The van der Waals surface area contributed by atoms with Gasteiger partial charge in [-0.1, -0.05) is 0 Å². The molecule has 2 aromatic heterocycles. The lowest BCUT2D eigenvalue weighted by molar-refractivity contribution is -0.131. The predicted molar refractivity (Wildman–Crippen MR) is 119 cm³/mol. The highest BCUT2D eigenvalue weighted by molar-refractivity contribution is 6.00. The number of amides is 2. The first-order valence-corrected chi connectivity index (χ1v) is 10.3. The van der Waals surface area contributed by atoms with Gasteiger partial charge in [0.05, 0.1) is 26.3 Å². The Morgan fingerprint density at radius 2 is 2.18 bits per heavy atom. The number of rotatable bonds is 6. The second-order valence-electron chi connectivity index (χ2n) is 7.76. The van der Waals surface area contributed by atoms with E-state index in [4.69, 9.17) is 14.4 Å². The molecule has 10 heteroatoms. The maximum absolute atomic E-state index is 13.6. The number of hydrogen-bond donors (Lipinski definition) is 1. The smallest absolute Gasteiger partial charge is 0.268 e. The van der Waals surface area contributed by atoms with Gasteiger partial charge in [0.25, 0.3) is 11.8 Å². The molecule has 34 heavy (non-hydrogen) atoms. The quantitative estimate of drug-likeness (QED) is 0.596. The summed E-state index contributed by atoms with van der Waals surface area (Å²) in [4.78, 5) is 29.9. The van der Waals surface area contributed by atoms with Crippen LogP contribution in [0.15, 0.2) is 47.1 Å². The third-order valence-electron chi connectivity index (χ3n) is 5.41. The number of halogens is 2. The molecule has 1 unspecified atom stereocenters. The number of nitrogens with one attached hydrogen (secondary N) is 1. The zero-order valence-electron chi connectivity index (χ0n) is 18.1. The molecule has 1 aliphatic heterocycles. The molecule has 3 heterocycles. The van der Waals surface area contributed by atoms with Crippen molar-refractivity contribution in [2.24, 2.45) is 0 Å². The number of nitrogens with zero attached hydrogens (tertiary/aromatic N) is 3. The lowest BCUT2D eigenvalue weighted by Crippen LogP contribution is -2.43. The van der Waals surface area contributed by atoms with Crippen molar-refractivity contribution in [1.29, 1.82) is 5.26 Å². The molecule has 1 N–H and O–H groups in total. The number of likely N-dealkylation sites (tertiary alicyclic amines) is 1. The van der Waals surface area contributed by atoms with E-state index in [9.17, 15) is 18.4 Å². The molecule has 1 saturated heterocycles. The topological polar surface area (TPSA) is 108 Å². The number of alkyl halides is 2. The van der Waals surface area contributed by atoms with Crippen LogP contribution in [0.4, 0.5) is 8.78 Å². The number of ether oxygens (including phenoxy) is 1. The minimum atomic E-state index is -3.12. The molecule has 3 aromatic rings. The van der Waals surface area contributed by atoms with E-state index in [0.29, 0.717) is 22.7 Å². The summed E-state index contributed by atoms with van der Waals surface area (Å²) in [5.74, 6) is -3.20. The van der Waals surface area contributed by atoms with E-state index in [1.54, 1.807) is 37.5 Å². The van der Waals surface area contributed by atoms with Crippen LogP contribution < -0.4 is 10.1 Å². The summed E-state index contributed by atoms with van der Waals surface area (Å²) in [6, 6.07) is 9.19. The molecule has 1 aliphatic rings. The number of fused-ring (bicyclic) bond motifs is 1. The maximum atomic E-state index is 13.6. The maximum Gasteiger partial charge on any atom is 0.268 e. The largest absolute Gasteiger partial charge is 0.497 e. The van der Waals surface area contributed by atoms with E-state index in [1.165, 1.54) is 18.5 Å². The Morgan fingerprint density at radius 1 is 1.35 bits per heavy atom. The zero-order chi connectivity index (χ0) is 24.3. The van der Waals surface area contributed by atoms with Crippen molar-refractivity contribution < 1.29 is 27.5 Å². The lowest BCUT2D eigenvalue weighted by atomic mass is 10.1. The number of pyridine rings is 1. The Bertz CT molecular complexity index is 1310. The minimum absolute atomic E-state index is 0.236. The standard InChI is InChI=1S/C24H20F2N4O4/c1-33-18-4-5-21-16(8-18)9-19(34-21)3-2-15-12-28-7-6-20(15)23(32)29-13-22(31)30-14-24(25,26)10-17(30)11-27/h2-9,12,17H,10,13-14H2,1H3,(H,29,32). The number of nitriles is 1. The first kappa shape index (κ1) is 22.9. The van der Waals surface area contributed by atoms with Crippen LogP contribution in [-0.2, 0) is 4.79 Å². The number of carbonyl (C=O) groups excluding carboxylic acids is 2. The Labute approximate surface area is 193 Å². The fraction of sp³-hybridized carbons (Fsp3) is 0.250. The van der Waals surface area contributed by atoms with Crippen LogP contribution >= 0.6 is 0 Å². The number of benzene rings is 1. The SMILES string of the molecule is COc1ccc2oc(C=Cc3cnccc3C(=O)NCC(=O)N3CC(F)(F)CC3C#N)cc2c1. The highest BCUT2D eigenvalue weighted by Gasteiger charge is 2.47. The van der Waals surface area contributed by atoms with Crippen molar-refractivity contribution in [3.05, 3.63) is 59.6 Å². The average molecular weight is 466 g/mol. The van der Waals surface area contributed by atoms with Crippen LogP contribution in [0.2, 0.25) is 0 Å². The van der Waals surface area contributed by atoms with E-state index in [0.717, 1.165) is 10.3 Å². The summed E-state index contributed by atoms with van der Waals surface area (Å²) in [7, 11) is 1.58. The molecular formula is C24H20F2N4O4. The van der Waals surface area contributed by atoms with Crippen molar-refractivity contribution in [3.63, 3.8) is 0 Å². The van der Waals surface area contributed by atoms with Gasteiger partial charge in [0.15, 0.2) is 0 Å². The van der Waals surface area contributed by atoms with Gasteiger partial charge in [-0.15, -0.1) is 0 Å². The first-order chi connectivity index (χ1) is 16.3. The van der Waals surface area contributed by atoms with Gasteiger partial charge in [-0.05, 0) is 42.5 Å². The third kappa shape index (κ3) is 4.88. The van der Waals surface area contributed by atoms with Crippen molar-refractivity contribution in [3.8, 4) is 11.8 Å². The van der Waals surface area contributed by atoms with E-state index >= 15 is 0 Å². The molecule has 0 spiro atoms. The van der Waals surface area contributed by atoms with Crippen LogP contribution in [0.3, 0.4) is 0 Å². The van der Waals surface area contributed by atoms with Crippen LogP contribution in [0.5, 0.6) is 5.75 Å². The Morgan fingerprint density at radius 3 is 2.94 bits per heavy atom. The Balaban J connectivity index is 1.45. The molecule has 1 atom stereocenters. The minimum Gasteiger partial charge on any atom is -0.497 e. The van der Waals surface area contributed by atoms with E-state index in [1.807, 2.05) is 12.1 Å². The van der Waals surface area contributed by atoms with Gasteiger partial charge in [0.1, 0.15) is 23.1 Å². The summed E-state index contributed by atoms with van der Waals surface area (Å²) < 4.78 is 38.1. The molecular weight excluding hydrogens is 446 g/mol. The van der Waals surface area contributed by atoms with Crippen molar-refractivity contribution in [1.82, 2.24) is 15.2 Å². The van der Waals surface area contributed by atoms with Crippen LogP contribution in [0, 0.1) is 11.3 Å². The monoisotopic (exact) mass is 466 g/mol. The van der Waals surface area contributed by atoms with Gasteiger partial charge in [-0.25, -0.2) is 8.78 Å². The molecule has 1 aromatic carbocycles. The first-order valence-electron chi connectivity index (χ1n) is 10.3. The van der Waals surface area contributed by atoms with Gasteiger partial charge >= 0.3 is 0 Å². The van der Waals surface area contributed by atoms with E-state index < -0.39 is 43.3 Å². The second kappa shape index (κ2) is 9.31. The summed E-state index contributed by atoms with van der Waals surface area (Å²) in [6.07, 6.45) is 5.51. The fourth-order valence-corrected chi connectivity index (χ4v) is 3.72. The highest BCUT2D eigenvalue weighted by Crippen LogP contribution is 2.31. The second-order valence-corrected chi connectivity index (χ2v) is 7.76. The van der Waals surface area contributed by atoms with Crippen molar-refractivity contribution in [2.45, 2.75) is 18.4 Å². The number of hydrogen-bond acceptors (Lipinski definition) is 6. The number of methoxy groups -OCH3 is 1. The van der Waals surface area contributed by atoms with Gasteiger partial charge in [0.2, 0.25) is 5.91 Å². The summed E-state index contributed by atoms with van der Waals surface area (Å²) in [5, 5.41) is 12.3. The summed E-state index contributed by atoms with van der Waals surface area (Å²) in [5.41, 5.74) is 1.37. The molecule has 1 fully saturated rings. The predicted octanol–water partition coefficient (Wildman–Crippen LogP) is 3.50. The average Bonchev–Trinajstić information content (AvgIpc) is 3.39. The number of furan rings is 1. The van der Waals surface area contributed by atoms with E-state index in [2.05, 4.69) is 10.3 Å². The Hall–Kier alpha value is -4.26. The zero-order valence-corrected chi connectivity index (χ0v) is 18.1. The Kier molecular flexibility index (Phi) is 6.27. The number of carbonyl (C=O) groups is 2. The fourth-order valence-electron chi connectivity index (χ4n) is 3.72. The molecule has 8 nitrogen and oxygen atoms in total. The molecule has 0 aliphatic carbocycles. The van der Waals surface area contributed by atoms with Gasteiger partial charge in [-0.2, -0.15) is 5.26 Å². The molecule has 4 rings (SSSR count). The van der Waals surface area contributed by atoms with Crippen LogP contribution in [-0.4, -0.2) is 53.9 Å². The van der Waals surface area contributed by atoms with Crippen LogP contribution in [0.1, 0.15) is 28.1 Å². The van der Waals surface area contributed by atoms with Gasteiger partial charge < -0.3 is 19.4 Å². The molecule has 174 valence electrons. The molecule has 0 bridgehead atoms. The van der Waals surface area contributed by atoms with Crippen LogP contribution in [0.25, 0.3) is 23.1 Å². The lowest BCUT2D eigenvalue weighted by Gasteiger charge is -2.19. The van der Waals surface area contributed by atoms with Crippen molar-refractivity contribution in [2.75, 3.05) is 20.2 Å². The van der Waals surface area contributed by atoms with Gasteiger partial charge in [0, 0.05) is 35.3 Å². The summed E-state index contributed by atoms with van der Waals surface area (Å²) >= 11 is 0. The summed E-state index contributed by atoms with van der Waals surface area (Å²) in [6.45, 7) is -1.35. The molecule has 2 amide bonds. The van der Waals surface area contributed by atoms with Crippen molar-refractivity contribution >= 4 is 34.9 Å². The third-order valence-corrected chi connectivity index (χ3v) is 5.41. The van der Waals surface area contributed by atoms with E-state index in [-0.39, 0.29) is 5.56 Å². The molecule has 0 saturated carbocycles. The normalized spacial score (nSPS) is 17.1. The van der Waals surface area contributed by atoms with Gasteiger partial charge in [-0.3, -0.25) is 14.6 Å².